The Labute approximate surface area is 118 Å². The quantitative estimate of drug-likeness (QED) is 0.903. The van der Waals surface area contributed by atoms with Gasteiger partial charge in [0.1, 0.15) is 0 Å². The number of hydrogen-bond acceptors (Lipinski definition) is 4. The molecular formula is C14H22N2O2S. The summed E-state index contributed by atoms with van der Waals surface area (Å²) in [5, 5.41) is 14.7. The van der Waals surface area contributed by atoms with Gasteiger partial charge in [0.15, 0.2) is 0 Å². The van der Waals surface area contributed by atoms with Crippen LogP contribution >= 0.6 is 11.8 Å². The summed E-state index contributed by atoms with van der Waals surface area (Å²) >= 11 is 2.02. The minimum absolute atomic E-state index is 0.0390. The predicted molar refractivity (Wildman–Crippen MR) is 76.1 cm³/mol. The van der Waals surface area contributed by atoms with Crippen molar-refractivity contribution in [3.05, 3.63) is 18.0 Å². The first-order valence-corrected chi connectivity index (χ1v) is 8.22. The number of aliphatic hydroxyl groups is 1. The van der Waals surface area contributed by atoms with Crippen molar-refractivity contribution in [1.29, 1.82) is 0 Å². The predicted octanol–water partition coefficient (Wildman–Crippen LogP) is 2.15. The second-order valence-electron chi connectivity index (χ2n) is 5.79. The molecule has 1 spiro atoms. The number of rotatable bonds is 2. The fourth-order valence-electron chi connectivity index (χ4n) is 3.29. The highest BCUT2D eigenvalue weighted by Gasteiger charge is 2.41. The number of aliphatic hydroxyl groups excluding tert-OH is 1. The van der Waals surface area contributed by atoms with E-state index in [1.165, 1.54) is 11.5 Å². The lowest BCUT2D eigenvalue weighted by Gasteiger charge is -2.44. The fourth-order valence-corrected chi connectivity index (χ4v) is 4.53. The Bertz CT molecular complexity index is 423. The van der Waals surface area contributed by atoms with Gasteiger partial charge in [-0.3, -0.25) is 4.68 Å². The number of thioether (sulfide) groups is 1. The highest BCUT2D eigenvalue weighted by Crippen LogP contribution is 2.43. The van der Waals surface area contributed by atoms with Crippen molar-refractivity contribution in [3.63, 3.8) is 0 Å². The first kappa shape index (κ1) is 13.5. The van der Waals surface area contributed by atoms with Gasteiger partial charge in [0.05, 0.1) is 17.9 Å². The third-order valence-electron chi connectivity index (χ3n) is 4.45. The second kappa shape index (κ2) is 5.46. The van der Waals surface area contributed by atoms with Gasteiger partial charge < -0.3 is 9.84 Å². The zero-order chi connectivity index (χ0) is 13.3. The van der Waals surface area contributed by atoms with Crippen molar-refractivity contribution in [2.24, 2.45) is 13.0 Å². The van der Waals surface area contributed by atoms with E-state index in [0.29, 0.717) is 5.92 Å². The molecule has 3 rings (SSSR count). The molecule has 2 atom stereocenters. The van der Waals surface area contributed by atoms with Gasteiger partial charge in [-0.1, -0.05) is 0 Å². The van der Waals surface area contributed by atoms with Crippen LogP contribution in [0.3, 0.4) is 0 Å². The second-order valence-corrected chi connectivity index (χ2v) is 7.01. The average molecular weight is 282 g/mol. The average Bonchev–Trinajstić information content (AvgIpc) is 2.85. The SMILES string of the molecule is Cn1cc(C(O)C2CCOC3(CCSCC3)C2)cn1. The summed E-state index contributed by atoms with van der Waals surface area (Å²) in [7, 11) is 1.89. The van der Waals surface area contributed by atoms with Gasteiger partial charge in [0, 0.05) is 25.4 Å². The molecule has 0 bridgehead atoms. The molecule has 0 aliphatic carbocycles. The first-order chi connectivity index (χ1) is 9.19. The maximum Gasteiger partial charge on any atom is 0.0850 e. The number of ether oxygens (including phenoxy) is 1. The molecule has 0 aromatic carbocycles. The number of aryl methyl sites for hydroxylation is 1. The van der Waals surface area contributed by atoms with E-state index in [0.717, 1.165) is 37.9 Å². The van der Waals surface area contributed by atoms with E-state index in [2.05, 4.69) is 5.10 Å². The van der Waals surface area contributed by atoms with Gasteiger partial charge in [-0.05, 0) is 43.1 Å². The zero-order valence-electron chi connectivity index (χ0n) is 11.4. The summed E-state index contributed by atoms with van der Waals surface area (Å²) in [6.07, 6.45) is 7.51. The smallest absolute Gasteiger partial charge is 0.0850 e. The summed E-state index contributed by atoms with van der Waals surface area (Å²) in [6, 6.07) is 0. The van der Waals surface area contributed by atoms with Crippen molar-refractivity contribution in [3.8, 4) is 0 Å². The molecule has 106 valence electrons. The van der Waals surface area contributed by atoms with Crippen molar-refractivity contribution in [2.45, 2.75) is 37.4 Å². The van der Waals surface area contributed by atoms with Crippen LogP contribution in [0.15, 0.2) is 12.4 Å². The van der Waals surface area contributed by atoms with E-state index in [-0.39, 0.29) is 5.60 Å². The normalized spacial score (nSPS) is 28.4. The maximum absolute atomic E-state index is 10.6. The topological polar surface area (TPSA) is 47.3 Å². The summed E-state index contributed by atoms with van der Waals surface area (Å²) < 4.78 is 7.84. The molecule has 2 fully saturated rings. The molecule has 5 heteroatoms. The van der Waals surface area contributed by atoms with E-state index in [1.807, 2.05) is 25.0 Å². The Morgan fingerprint density at radius 2 is 2.32 bits per heavy atom. The van der Waals surface area contributed by atoms with Gasteiger partial charge in [-0.2, -0.15) is 16.9 Å². The molecule has 1 aromatic heterocycles. The molecular weight excluding hydrogens is 260 g/mol. The molecule has 2 aliphatic heterocycles. The summed E-state index contributed by atoms with van der Waals surface area (Å²) in [4.78, 5) is 0. The van der Waals surface area contributed by atoms with Crippen LogP contribution in [0.25, 0.3) is 0 Å². The van der Waals surface area contributed by atoms with Crippen LogP contribution in [-0.2, 0) is 11.8 Å². The lowest BCUT2D eigenvalue weighted by Crippen LogP contribution is -2.44. The Morgan fingerprint density at radius 3 is 3.00 bits per heavy atom. The van der Waals surface area contributed by atoms with Crippen LogP contribution in [0.1, 0.15) is 37.4 Å². The molecule has 3 heterocycles. The number of aromatic nitrogens is 2. The lowest BCUT2D eigenvalue weighted by atomic mass is 9.78. The molecule has 1 N–H and O–H groups in total. The lowest BCUT2D eigenvalue weighted by molar-refractivity contribution is -0.121. The Hall–Kier alpha value is -0.520. The molecule has 2 aliphatic rings. The van der Waals surface area contributed by atoms with Crippen molar-refractivity contribution >= 4 is 11.8 Å². The van der Waals surface area contributed by atoms with Crippen molar-refractivity contribution in [1.82, 2.24) is 9.78 Å². The van der Waals surface area contributed by atoms with Crippen molar-refractivity contribution < 1.29 is 9.84 Å². The third kappa shape index (κ3) is 2.83. The molecule has 2 saturated heterocycles. The standard InChI is InChI=1S/C14H22N2O2S/c1-16-10-12(9-15-16)13(17)11-2-5-18-14(8-11)3-6-19-7-4-14/h9-11,13,17H,2-8H2,1H3. The van der Waals surface area contributed by atoms with Gasteiger partial charge in [-0.25, -0.2) is 0 Å². The van der Waals surface area contributed by atoms with Gasteiger partial charge in [0.2, 0.25) is 0 Å². The number of hydrogen-bond donors (Lipinski definition) is 1. The Kier molecular flexibility index (Phi) is 3.87. The molecule has 0 amide bonds. The summed E-state index contributed by atoms with van der Waals surface area (Å²) in [6.45, 7) is 0.784. The van der Waals surface area contributed by atoms with Crippen molar-refractivity contribution in [2.75, 3.05) is 18.1 Å². The van der Waals surface area contributed by atoms with Crippen LogP contribution < -0.4 is 0 Å². The van der Waals surface area contributed by atoms with Gasteiger partial charge >= 0.3 is 0 Å². The van der Waals surface area contributed by atoms with E-state index in [1.54, 1.807) is 10.9 Å². The molecule has 1 aromatic rings. The monoisotopic (exact) mass is 282 g/mol. The molecule has 2 unspecified atom stereocenters. The van der Waals surface area contributed by atoms with E-state index in [9.17, 15) is 5.11 Å². The Balaban J connectivity index is 1.70. The van der Waals surface area contributed by atoms with E-state index < -0.39 is 6.10 Å². The zero-order valence-corrected chi connectivity index (χ0v) is 12.2. The van der Waals surface area contributed by atoms with Gasteiger partial charge in [0.25, 0.3) is 0 Å². The molecule has 4 nitrogen and oxygen atoms in total. The minimum atomic E-state index is -0.399. The van der Waals surface area contributed by atoms with E-state index >= 15 is 0 Å². The first-order valence-electron chi connectivity index (χ1n) is 7.07. The van der Waals surface area contributed by atoms with Crippen LogP contribution in [0.2, 0.25) is 0 Å². The highest BCUT2D eigenvalue weighted by molar-refractivity contribution is 7.99. The summed E-state index contributed by atoms with van der Waals surface area (Å²) in [5.41, 5.74) is 0.979. The molecule has 0 radical (unpaired) electrons. The largest absolute Gasteiger partial charge is 0.388 e. The van der Waals surface area contributed by atoms with Crippen LogP contribution in [0, 0.1) is 5.92 Å². The number of nitrogens with zero attached hydrogens (tertiary/aromatic N) is 2. The molecule has 19 heavy (non-hydrogen) atoms. The maximum atomic E-state index is 10.6. The minimum Gasteiger partial charge on any atom is -0.388 e. The van der Waals surface area contributed by atoms with Crippen LogP contribution in [0.5, 0.6) is 0 Å². The molecule has 0 saturated carbocycles. The highest BCUT2D eigenvalue weighted by atomic mass is 32.2. The Morgan fingerprint density at radius 1 is 1.53 bits per heavy atom. The summed E-state index contributed by atoms with van der Waals surface area (Å²) in [5.74, 6) is 2.69. The van der Waals surface area contributed by atoms with Gasteiger partial charge in [-0.15, -0.1) is 0 Å². The van der Waals surface area contributed by atoms with Crippen LogP contribution in [-0.4, -0.2) is 38.6 Å². The third-order valence-corrected chi connectivity index (χ3v) is 5.43. The fraction of sp³-hybridized carbons (Fsp3) is 0.786. The van der Waals surface area contributed by atoms with Crippen LogP contribution in [0.4, 0.5) is 0 Å². The van der Waals surface area contributed by atoms with E-state index in [4.69, 9.17) is 4.74 Å².